The van der Waals surface area contributed by atoms with Gasteiger partial charge in [-0.2, -0.15) is 10.2 Å². The van der Waals surface area contributed by atoms with Crippen LogP contribution in [-0.2, 0) is 14.4 Å². The summed E-state index contributed by atoms with van der Waals surface area (Å²) in [6.45, 7) is 3.71. The maximum absolute atomic E-state index is 13.8. The predicted molar refractivity (Wildman–Crippen MR) is 148 cm³/mol. The molecule has 0 radical (unpaired) electrons. The molecular formula is C30H27FN6O4. The topological polar surface area (TPSA) is 107 Å². The number of hydrogen-bond donors (Lipinski definition) is 0. The first-order valence-electron chi connectivity index (χ1n) is 13.2. The molecule has 3 aromatic rings. The molecule has 6 rings (SSSR count). The minimum absolute atomic E-state index is 0.109. The maximum atomic E-state index is 13.8. The summed E-state index contributed by atoms with van der Waals surface area (Å²) in [6, 6.07) is 16.2. The molecule has 1 fully saturated rings. The summed E-state index contributed by atoms with van der Waals surface area (Å²) in [5.41, 5.74) is 4.87. The molecule has 1 saturated heterocycles. The number of methoxy groups -OCH3 is 1. The van der Waals surface area contributed by atoms with Crippen molar-refractivity contribution >= 4 is 29.1 Å². The Kier molecular flexibility index (Phi) is 6.56. The number of nitrogens with zero attached hydrogens (tertiary/aromatic N) is 6. The summed E-state index contributed by atoms with van der Waals surface area (Å²) >= 11 is 0. The van der Waals surface area contributed by atoms with Crippen molar-refractivity contribution in [3.63, 3.8) is 0 Å². The number of aryl methyl sites for hydroxylation is 2. The number of anilines is 1. The van der Waals surface area contributed by atoms with Gasteiger partial charge in [0.2, 0.25) is 0 Å². The summed E-state index contributed by atoms with van der Waals surface area (Å²) in [7, 11) is 1.59. The Morgan fingerprint density at radius 1 is 1.02 bits per heavy atom. The van der Waals surface area contributed by atoms with Crippen LogP contribution < -0.4 is 9.64 Å². The molecule has 3 aliphatic heterocycles. The van der Waals surface area contributed by atoms with Gasteiger partial charge in [0.1, 0.15) is 18.1 Å². The molecule has 3 aliphatic rings. The van der Waals surface area contributed by atoms with E-state index in [2.05, 4.69) is 16.4 Å². The van der Waals surface area contributed by atoms with E-state index < -0.39 is 41.7 Å². The Balaban J connectivity index is 1.28. The monoisotopic (exact) mass is 554 g/mol. The van der Waals surface area contributed by atoms with Crippen LogP contribution in [0.2, 0.25) is 0 Å². The largest absolute Gasteiger partial charge is 0.497 e. The molecule has 208 valence electrons. The fourth-order valence-corrected chi connectivity index (χ4v) is 5.56. The lowest BCUT2D eigenvalue weighted by molar-refractivity contribution is -0.135. The van der Waals surface area contributed by atoms with Crippen LogP contribution in [0.3, 0.4) is 0 Å². The van der Waals surface area contributed by atoms with E-state index in [0.29, 0.717) is 12.2 Å². The highest BCUT2D eigenvalue weighted by Gasteiger charge is 2.55. The van der Waals surface area contributed by atoms with Crippen LogP contribution >= 0.6 is 0 Å². The molecule has 0 N–H and O–H groups in total. The van der Waals surface area contributed by atoms with Gasteiger partial charge in [0.25, 0.3) is 17.7 Å². The van der Waals surface area contributed by atoms with Crippen LogP contribution in [0.25, 0.3) is 0 Å². The van der Waals surface area contributed by atoms with E-state index in [1.807, 2.05) is 50.2 Å². The lowest BCUT2D eigenvalue weighted by Crippen LogP contribution is -2.44. The molecule has 3 amide bonds. The molecule has 0 aromatic heterocycles. The molecule has 0 unspecified atom stereocenters. The van der Waals surface area contributed by atoms with Crippen molar-refractivity contribution in [3.05, 3.63) is 94.8 Å². The van der Waals surface area contributed by atoms with Crippen molar-refractivity contribution in [1.29, 1.82) is 0 Å². The Bertz CT molecular complexity index is 1620. The molecule has 0 bridgehead atoms. The van der Waals surface area contributed by atoms with E-state index in [4.69, 9.17) is 9.84 Å². The standard InChI is InChI=1S/C30H27FN6O4/c1-17-7-12-23(18(2)13-17)24-15-25(19-8-10-22(41-3)11-9-19)37(33-24)26(38)16-35-28-27(32-34-35)29(39)36(30(28)40)21-6-4-5-20(31)14-21/h4-14,25,27-28H,15-16H2,1-3H3/t25-,27+,28-/m0/s1. The zero-order valence-electron chi connectivity index (χ0n) is 22.7. The van der Waals surface area contributed by atoms with Gasteiger partial charge >= 0.3 is 0 Å². The first-order chi connectivity index (χ1) is 19.7. The zero-order valence-corrected chi connectivity index (χ0v) is 22.7. The predicted octanol–water partition coefficient (Wildman–Crippen LogP) is 4.12. The first kappa shape index (κ1) is 26.3. The minimum atomic E-state index is -1.11. The number of hydrogen-bond acceptors (Lipinski definition) is 8. The lowest BCUT2D eigenvalue weighted by Gasteiger charge is -2.25. The van der Waals surface area contributed by atoms with Crippen LogP contribution in [0.15, 0.2) is 82.2 Å². The summed E-state index contributed by atoms with van der Waals surface area (Å²) in [5, 5.41) is 15.4. The van der Waals surface area contributed by atoms with Gasteiger partial charge in [-0.15, -0.1) is 0 Å². The van der Waals surface area contributed by atoms with Crippen molar-refractivity contribution in [3.8, 4) is 5.75 Å². The number of ether oxygens (including phenoxy) is 1. The molecule has 3 atom stereocenters. The first-order valence-corrected chi connectivity index (χ1v) is 13.2. The summed E-state index contributed by atoms with van der Waals surface area (Å²) in [6.07, 6.45) is 0.486. The van der Waals surface area contributed by atoms with Gasteiger partial charge in [-0.1, -0.05) is 47.2 Å². The van der Waals surface area contributed by atoms with Crippen LogP contribution in [0, 0.1) is 19.7 Å². The SMILES string of the molecule is COc1ccc([C@@H]2CC(c3ccc(C)cc3C)=NN2C(=O)CN2N=N[C@H]3C(=O)N(c4cccc(F)c4)C(=O)[C@H]32)cc1. The molecular weight excluding hydrogens is 527 g/mol. The van der Waals surface area contributed by atoms with Gasteiger partial charge in [-0.05, 0) is 55.3 Å². The maximum Gasteiger partial charge on any atom is 0.264 e. The molecule has 0 spiro atoms. The number of hydrazone groups is 1. The quantitative estimate of drug-likeness (QED) is 0.426. The summed E-state index contributed by atoms with van der Waals surface area (Å²) < 4.78 is 19.1. The highest BCUT2D eigenvalue weighted by Crippen LogP contribution is 2.36. The third kappa shape index (κ3) is 4.62. The molecule has 0 aliphatic carbocycles. The summed E-state index contributed by atoms with van der Waals surface area (Å²) in [5.74, 6) is -1.52. The number of benzene rings is 3. The molecule has 10 nitrogen and oxygen atoms in total. The Morgan fingerprint density at radius 2 is 1.80 bits per heavy atom. The second kappa shape index (κ2) is 10.2. The highest BCUT2D eigenvalue weighted by atomic mass is 19.1. The van der Waals surface area contributed by atoms with E-state index in [1.165, 1.54) is 28.2 Å². The number of carbonyl (C=O) groups is 3. The summed E-state index contributed by atoms with van der Waals surface area (Å²) in [4.78, 5) is 41.0. The van der Waals surface area contributed by atoms with Gasteiger partial charge in [-0.3, -0.25) is 19.4 Å². The minimum Gasteiger partial charge on any atom is -0.497 e. The van der Waals surface area contributed by atoms with Crippen LogP contribution in [0.4, 0.5) is 10.1 Å². The number of carbonyl (C=O) groups excluding carboxylic acids is 3. The fourth-order valence-electron chi connectivity index (χ4n) is 5.56. The molecule has 11 heteroatoms. The fraction of sp³-hybridized carbons (Fsp3) is 0.267. The number of imide groups is 1. The van der Waals surface area contributed by atoms with E-state index in [1.54, 1.807) is 7.11 Å². The van der Waals surface area contributed by atoms with Crippen molar-refractivity contribution in [2.24, 2.45) is 15.4 Å². The van der Waals surface area contributed by atoms with Gasteiger partial charge in [0.05, 0.1) is 24.6 Å². The molecule has 3 heterocycles. The van der Waals surface area contributed by atoms with Gasteiger partial charge < -0.3 is 4.74 Å². The molecule has 3 aromatic carbocycles. The Hall–Kier alpha value is -4.93. The lowest BCUT2D eigenvalue weighted by atomic mass is 9.95. The van der Waals surface area contributed by atoms with E-state index in [9.17, 15) is 18.8 Å². The van der Waals surface area contributed by atoms with Crippen LogP contribution in [-0.4, -0.2) is 59.2 Å². The number of rotatable bonds is 6. The van der Waals surface area contributed by atoms with Crippen LogP contribution in [0.1, 0.15) is 34.7 Å². The van der Waals surface area contributed by atoms with Gasteiger partial charge in [0.15, 0.2) is 12.1 Å². The third-order valence-corrected chi connectivity index (χ3v) is 7.58. The average molecular weight is 555 g/mol. The second-order valence-corrected chi connectivity index (χ2v) is 10.3. The normalized spacial score (nSPS) is 21.5. The van der Waals surface area contributed by atoms with Crippen molar-refractivity contribution < 1.29 is 23.5 Å². The smallest absolute Gasteiger partial charge is 0.264 e. The van der Waals surface area contributed by atoms with E-state index in [0.717, 1.165) is 38.9 Å². The molecule has 41 heavy (non-hydrogen) atoms. The number of fused-ring (bicyclic) bond motifs is 1. The highest BCUT2D eigenvalue weighted by molar-refractivity contribution is 6.25. The van der Waals surface area contributed by atoms with Crippen molar-refractivity contribution in [2.45, 2.75) is 38.4 Å². The Labute approximate surface area is 235 Å². The molecule has 0 saturated carbocycles. The average Bonchev–Trinajstić information content (AvgIpc) is 3.64. The van der Waals surface area contributed by atoms with Crippen LogP contribution in [0.5, 0.6) is 5.75 Å². The van der Waals surface area contributed by atoms with Gasteiger partial charge in [0, 0.05) is 12.0 Å². The Morgan fingerprint density at radius 3 is 2.51 bits per heavy atom. The van der Waals surface area contributed by atoms with Crippen molar-refractivity contribution in [2.75, 3.05) is 18.6 Å². The van der Waals surface area contributed by atoms with Gasteiger partial charge in [-0.25, -0.2) is 14.3 Å². The third-order valence-electron chi connectivity index (χ3n) is 7.58. The van der Waals surface area contributed by atoms with Crippen molar-refractivity contribution in [1.82, 2.24) is 10.0 Å². The van der Waals surface area contributed by atoms with E-state index >= 15 is 0 Å². The number of halogens is 1. The van der Waals surface area contributed by atoms with E-state index in [-0.39, 0.29) is 12.2 Å². The number of amides is 3. The zero-order chi connectivity index (χ0) is 28.8. The second-order valence-electron chi connectivity index (χ2n) is 10.3.